The van der Waals surface area contributed by atoms with E-state index in [1.165, 1.54) is 0 Å². The van der Waals surface area contributed by atoms with Crippen LogP contribution in [0.3, 0.4) is 0 Å². The van der Waals surface area contributed by atoms with E-state index in [0.29, 0.717) is 30.5 Å². The number of ether oxygens (including phenoxy) is 1. The molecule has 1 aromatic heterocycles. The number of pyridine rings is 1. The van der Waals surface area contributed by atoms with Crippen molar-refractivity contribution < 1.29 is 4.74 Å². The Morgan fingerprint density at radius 2 is 1.90 bits per heavy atom. The molecule has 0 saturated carbocycles. The average molecular weight is 307 g/mol. The molecule has 0 amide bonds. The van der Waals surface area contributed by atoms with E-state index in [-0.39, 0.29) is 5.56 Å². The third-order valence-electron chi connectivity index (χ3n) is 3.15. The Kier molecular flexibility index (Phi) is 5.84. The van der Waals surface area contributed by atoms with Crippen LogP contribution in [0.4, 0.5) is 0 Å². The van der Waals surface area contributed by atoms with Gasteiger partial charge in [-0.2, -0.15) is 0 Å². The number of aromatic nitrogens is 1. The normalized spacial score (nSPS) is 10.6. The standard InChI is InChI=1S/C16H19ClN2O2/c17-14-7-5-13(6-8-14)12-21-15-4-3-11-19(16(15)20)10-2-1-9-18/h3-8,11H,1-2,9-10,12,18H2. The summed E-state index contributed by atoms with van der Waals surface area (Å²) in [6.45, 7) is 1.65. The van der Waals surface area contributed by atoms with Gasteiger partial charge in [0.25, 0.3) is 5.56 Å². The van der Waals surface area contributed by atoms with Crippen molar-refractivity contribution in [3.8, 4) is 5.75 Å². The molecule has 0 unspecified atom stereocenters. The second-order valence-electron chi connectivity index (χ2n) is 4.78. The van der Waals surface area contributed by atoms with E-state index in [9.17, 15) is 4.79 Å². The van der Waals surface area contributed by atoms with Gasteiger partial charge in [-0.1, -0.05) is 23.7 Å². The molecule has 0 spiro atoms. The molecule has 0 aliphatic rings. The fourth-order valence-electron chi connectivity index (χ4n) is 1.97. The van der Waals surface area contributed by atoms with Crippen molar-refractivity contribution in [1.29, 1.82) is 0 Å². The zero-order chi connectivity index (χ0) is 15.1. The molecule has 0 radical (unpaired) electrons. The lowest BCUT2D eigenvalue weighted by molar-refractivity contribution is 0.298. The van der Waals surface area contributed by atoms with E-state index >= 15 is 0 Å². The summed E-state index contributed by atoms with van der Waals surface area (Å²) in [6.07, 6.45) is 3.56. The summed E-state index contributed by atoms with van der Waals surface area (Å²) in [5.41, 5.74) is 6.32. The minimum atomic E-state index is -0.108. The van der Waals surface area contributed by atoms with Crippen molar-refractivity contribution in [3.63, 3.8) is 0 Å². The second-order valence-corrected chi connectivity index (χ2v) is 5.22. The van der Waals surface area contributed by atoms with Crippen LogP contribution in [-0.4, -0.2) is 11.1 Å². The minimum Gasteiger partial charge on any atom is -0.483 e. The van der Waals surface area contributed by atoms with Crippen LogP contribution in [0.2, 0.25) is 5.02 Å². The van der Waals surface area contributed by atoms with E-state index in [0.717, 1.165) is 18.4 Å². The molecule has 0 bridgehead atoms. The highest BCUT2D eigenvalue weighted by molar-refractivity contribution is 6.30. The van der Waals surface area contributed by atoms with Gasteiger partial charge in [0.1, 0.15) is 6.61 Å². The predicted octanol–water partition coefficient (Wildman–Crippen LogP) is 2.82. The van der Waals surface area contributed by atoms with E-state index < -0.39 is 0 Å². The Balaban J connectivity index is 2.01. The first-order valence-corrected chi connectivity index (χ1v) is 7.35. The van der Waals surface area contributed by atoms with Crippen molar-refractivity contribution >= 4 is 11.6 Å². The topological polar surface area (TPSA) is 57.2 Å². The highest BCUT2D eigenvalue weighted by Crippen LogP contribution is 2.12. The van der Waals surface area contributed by atoms with Gasteiger partial charge in [-0.15, -0.1) is 0 Å². The number of nitrogens with zero attached hydrogens (tertiary/aromatic N) is 1. The minimum absolute atomic E-state index is 0.108. The molecule has 21 heavy (non-hydrogen) atoms. The molecular formula is C16H19ClN2O2. The quantitative estimate of drug-likeness (QED) is 0.800. The van der Waals surface area contributed by atoms with Crippen molar-refractivity contribution in [3.05, 3.63) is 63.5 Å². The number of hydrogen-bond acceptors (Lipinski definition) is 3. The molecule has 1 aromatic carbocycles. The van der Waals surface area contributed by atoms with Crippen LogP contribution >= 0.6 is 11.6 Å². The predicted molar refractivity (Wildman–Crippen MR) is 84.8 cm³/mol. The lowest BCUT2D eigenvalue weighted by Crippen LogP contribution is -2.21. The molecule has 2 aromatic rings. The third kappa shape index (κ3) is 4.62. The maximum Gasteiger partial charge on any atom is 0.292 e. The monoisotopic (exact) mass is 306 g/mol. The largest absolute Gasteiger partial charge is 0.483 e. The van der Waals surface area contributed by atoms with Gasteiger partial charge in [0.2, 0.25) is 0 Å². The summed E-state index contributed by atoms with van der Waals surface area (Å²) in [5, 5.41) is 0.681. The molecule has 2 N–H and O–H groups in total. The maximum absolute atomic E-state index is 12.2. The van der Waals surface area contributed by atoms with E-state index in [1.807, 2.05) is 18.2 Å². The zero-order valence-corrected chi connectivity index (χ0v) is 12.6. The van der Waals surface area contributed by atoms with Gasteiger partial charge in [-0.3, -0.25) is 4.79 Å². The first-order chi connectivity index (χ1) is 10.2. The Morgan fingerprint density at radius 3 is 2.62 bits per heavy atom. The smallest absolute Gasteiger partial charge is 0.292 e. The lowest BCUT2D eigenvalue weighted by Gasteiger charge is -2.09. The SMILES string of the molecule is NCCCCn1cccc(OCc2ccc(Cl)cc2)c1=O. The fraction of sp³-hybridized carbons (Fsp3) is 0.312. The van der Waals surface area contributed by atoms with Crippen molar-refractivity contribution in [2.75, 3.05) is 6.54 Å². The lowest BCUT2D eigenvalue weighted by atomic mass is 10.2. The summed E-state index contributed by atoms with van der Waals surface area (Å²) in [4.78, 5) is 12.2. The number of hydrogen-bond donors (Lipinski definition) is 1. The number of benzene rings is 1. The van der Waals surface area contributed by atoms with Crippen LogP contribution in [0.25, 0.3) is 0 Å². The van der Waals surface area contributed by atoms with Gasteiger partial charge in [-0.25, -0.2) is 0 Å². The van der Waals surface area contributed by atoms with Crippen molar-refractivity contribution in [1.82, 2.24) is 4.57 Å². The number of nitrogens with two attached hydrogens (primary N) is 1. The van der Waals surface area contributed by atoms with Crippen LogP contribution in [0.15, 0.2) is 47.4 Å². The average Bonchev–Trinajstić information content (AvgIpc) is 2.49. The summed E-state index contributed by atoms with van der Waals surface area (Å²) >= 11 is 5.83. The van der Waals surface area contributed by atoms with Crippen LogP contribution < -0.4 is 16.0 Å². The first kappa shape index (κ1) is 15.6. The first-order valence-electron chi connectivity index (χ1n) is 6.97. The number of aryl methyl sites for hydroxylation is 1. The summed E-state index contributed by atoms with van der Waals surface area (Å²) in [7, 11) is 0. The Morgan fingerprint density at radius 1 is 1.14 bits per heavy atom. The molecule has 112 valence electrons. The number of unbranched alkanes of at least 4 members (excludes halogenated alkanes) is 1. The molecule has 5 heteroatoms. The van der Waals surface area contributed by atoms with Crippen molar-refractivity contribution in [2.24, 2.45) is 5.73 Å². The summed E-state index contributed by atoms with van der Waals surface area (Å²) in [6, 6.07) is 10.9. The van der Waals surface area contributed by atoms with Gasteiger partial charge in [0, 0.05) is 17.8 Å². The van der Waals surface area contributed by atoms with Crippen LogP contribution in [0.5, 0.6) is 5.75 Å². The Labute approximate surface area is 129 Å². The summed E-state index contributed by atoms with van der Waals surface area (Å²) < 4.78 is 7.27. The second kappa shape index (κ2) is 7.86. The molecule has 1 heterocycles. The maximum atomic E-state index is 12.2. The van der Waals surface area contributed by atoms with Crippen LogP contribution in [0.1, 0.15) is 18.4 Å². The molecule has 0 atom stereocenters. The third-order valence-corrected chi connectivity index (χ3v) is 3.40. The van der Waals surface area contributed by atoms with E-state index in [2.05, 4.69) is 0 Å². The number of rotatable bonds is 7. The molecule has 2 rings (SSSR count). The van der Waals surface area contributed by atoms with Crippen molar-refractivity contribution in [2.45, 2.75) is 26.0 Å². The molecule has 4 nitrogen and oxygen atoms in total. The van der Waals surface area contributed by atoms with Crippen LogP contribution in [-0.2, 0) is 13.2 Å². The highest BCUT2D eigenvalue weighted by atomic mass is 35.5. The van der Waals surface area contributed by atoms with Gasteiger partial charge < -0.3 is 15.0 Å². The molecular weight excluding hydrogens is 288 g/mol. The molecule has 0 fully saturated rings. The van der Waals surface area contributed by atoms with Crippen LogP contribution in [0, 0.1) is 0 Å². The number of halogens is 1. The highest BCUT2D eigenvalue weighted by Gasteiger charge is 2.04. The molecule has 0 saturated heterocycles. The van der Waals surface area contributed by atoms with Gasteiger partial charge in [0.15, 0.2) is 5.75 Å². The fourth-order valence-corrected chi connectivity index (χ4v) is 2.09. The van der Waals surface area contributed by atoms with Gasteiger partial charge in [0.05, 0.1) is 0 Å². The Bertz CT molecular complexity index is 623. The van der Waals surface area contributed by atoms with E-state index in [1.54, 1.807) is 29.0 Å². The van der Waals surface area contributed by atoms with Gasteiger partial charge in [-0.05, 0) is 49.2 Å². The summed E-state index contributed by atoms with van der Waals surface area (Å²) in [5.74, 6) is 0.361. The van der Waals surface area contributed by atoms with E-state index in [4.69, 9.17) is 22.1 Å². The zero-order valence-electron chi connectivity index (χ0n) is 11.8. The van der Waals surface area contributed by atoms with Gasteiger partial charge >= 0.3 is 0 Å². The molecule has 0 aliphatic carbocycles. The Hall–Kier alpha value is -1.78. The molecule has 0 aliphatic heterocycles.